The molecule has 0 aliphatic heterocycles. The molecule has 114 valence electrons. The molecule has 0 aliphatic rings. The van der Waals surface area contributed by atoms with Gasteiger partial charge in [-0.15, -0.1) is 0 Å². The molecule has 1 aromatic carbocycles. The van der Waals surface area contributed by atoms with Crippen molar-refractivity contribution >= 4 is 21.7 Å². The molecule has 0 amide bonds. The number of halogens is 1. The first kappa shape index (κ1) is 16.9. The quantitative estimate of drug-likeness (QED) is 0.609. The minimum absolute atomic E-state index is 0.0963. The van der Waals surface area contributed by atoms with Gasteiger partial charge in [-0.2, -0.15) is 0 Å². The van der Waals surface area contributed by atoms with Crippen molar-refractivity contribution in [2.45, 2.75) is 6.42 Å². The maximum absolute atomic E-state index is 13.7. The van der Waals surface area contributed by atoms with Crippen LogP contribution in [0, 0.1) is 17.7 Å². The topological polar surface area (TPSA) is 92.7 Å². The molecule has 21 heavy (non-hydrogen) atoms. The summed E-state index contributed by atoms with van der Waals surface area (Å²) in [6.07, 6.45) is 0.259. The van der Waals surface area contributed by atoms with Crippen LogP contribution in [0.25, 0.3) is 0 Å². The van der Waals surface area contributed by atoms with Gasteiger partial charge in [0, 0.05) is 12.0 Å². The van der Waals surface area contributed by atoms with Gasteiger partial charge in [0.05, 0.1) is 19.4 Å². The number of carbonyl (C=O) groups is 1. The Kier molecular flexibility index (Phi) is 6.14. The number of ether oxygens (including phenoxy) is 1. The third-order valence-electron chi connectivity index (χ3n) is 2.24. The lowest BCUT2D eigenvalue weighted by atomic mass is 10.2. The molecule has 2 N–H and O–H groups in total. The molecule has 0 radical (unpaired) electrons. The number of hydrogen-bond donors (Lipinski definition) is 2. The fraction of sp³-hybridized carbons (Fsp3) is 0.308. The van der Waals surface area contributed by atoms with Gasteiger partial charge in [0.2, 0.25) is 10.0 Å². The minimum Gasteiger partial charge on any atom is -0.468 e. The van der Waals surface area contributed by atoms with Gasteiger partial charge >= 0.3 is 5.97 Å². The maximum atomic E-state index is 13.7. The van der Waals surface area contributed by atoms with Crippen LogP contribution in [0.1, 0.15) is 12.0 Å². The molecule has 6 nitrogen and oxygen atoms in total. The zero-order chi connectivity index (χ0) is 15.9. The summed E-state index contributed by atoms with van der Waals surface area (Å²) in [7, 11) is -2.98. The summed E-state index contributed by atoms with van der Waals surface area (Å²) in [5, 5.41) is 8.57. The Morgan fingerprint density at radius 1 is 1.48 bits per heavy atom. The predicted octanol–water partition coefficient (Wildman–Crippen LogP) is 0.474. The molecule has 1 rings (SSSR count). The van der Waals surface area contributed by atoms with E-state index in [1.165, 1.54) is 12.1 Å². The van der Waals surface area contributed by atoms with E-state index in [1.807, 2.05) is 4.72 Å². The largest absolute Gasteiger partial charge is 0.468 e. The second kappa shape index (κ2) is 7.61. The van der Waals surface area contributed by atoms with Crippen molar-refractivity contribution in [2.75, 3.05) is 24.2 Å². The van der Waals surface area contributed by atoms with Gasteiger partial charge in [-0.25, -0.2) is 12.8 Å². The molecule has 0 aliphatic carbocycles. The first-order chi connectivity index (χ1) is 9.88. The Labute approximate surface area is 122 Å². The van der Waals surface area contributed by atoms with Crippen molar-refractivity contribution in [1.29, 1.82) is 0 Å². The molecule has 0 unspecified atom stereocenters. The average Bonchev–Trinajstić information content (AvgIpc) is 2.41. The van der Waals surface area contributed by atoms with Gasteiger partial charge in [-0.3, -0.25) is 9.52 Å². The smallest absolute Gasteiger partial charge is 0.322 e. The van der Waals surface area contributed by atoms with Gasteiger partial charge in [0.1, 0.15) is 5.82 Å². The molecule has 0 aromatic heterocycles. The van der Waals surface area contributed by atoms with Crippen molar-refractivity contribution < 1.29 is 27.4 Å². The van der Waals surface area contributed by atoms with E-state index in [4.69, 9.17) is 5.11 Å². The fourth-order valence-electron chi connectivity index (χ4n) is 1.31. The Balaban J connectivity index is 2.87. The Bertz CT molecular complexity index is 676. The Morgan fingerprint density at radius 2 is 2.19 bits per heavy atom. The van der Waals surface area contributed by atoms with Crippen LogP contribution in [0.2, 0.25) is 0 Å². The number of esters is 1. The van der Waals surface area contributed by atoms with Crippen LogP contribution < -0.4 is 4.72 Å². The lowest BCUT2D eigenvalue weighted by Gasteiger charge is -2.08. The van der Waals surface area contributed by atoms with Crippen LogP contribution in [0.15, 0.2) is 18.2 Å². The lowest BCUT2D eigenvalue weighted by Crippen LogP contribution is -2.24. The standard InChI is InChI=1S/C13H14FNO5S/c1-20-13(17)9-21(18,19)15-12-6-5-10(8-11(12)14)4-2-3-7-16/h5-6,8,15-16H,3,7,9H2,1H3. The zero-order valence-corrected chi connectivity index (χ0v) is 12.0. The SMILES string of the molecule is COC(=O)CS(=O)(=O)Nc1ccc(C#CCCO)cc1F. The van der Waals surface area contributed by atoms with E-state index >= 15 is 0 Å². The van der Waals surface area contributed by atoms with E-state index in [-0.39, 0.29) is 18.7 Å². The number of anilines is 1. The highest BCUT2D eigenvalue weighted by Crippen LogP contribution is 2.17. The van der Waals surface area contributed by atoms with E-state index in [0.29, 0.717) is 5.56 Å². The molecule has 1 aromatic rings. The van der Waals surface area contributed by atoms with Crippen molar-refractivity contribution in [1.82, 2.24) is 0 Å². The molecule has 0 saturated carbocycles. The summed E-state index contributed by atoms with van der Waals surface area (Å²) in [6, 6.07) is 3.68. The highest BCUT2D eigenvalue weighted by molar-refractivity contribution is 7.93. The minimum atomic E-state index is -4.04. The fourth-order valence-corrected chi connectivity index (χ4v) is 2.31. The number of methoxy groups -OCH3 is 1. The van der Waals surface area contributed by atoms with E-state index in [1.54, 1.807) is 0 Å². The van der Waals surface area contributed by atoms with Gasteiger partial charge < -0.3 is 9.84 Å². The molecule has 0 spiro atoms. The maximum Gasteiger partial charge on any atom is 0.322 e. The van der Waals surface area contributed by atoms with Crippen LogP contribution in [-0.4, -0.2) is 39.0 Å². The molecule has 0 bridgehead atoms. The van der Waals surface area contributed by atoms with Gasteiger partial charge in [0.25, 0.3) is 0 Å². The van der Waals surface area contributed by atoms with E-state index in [2.05, 4.69) is 16.6 Å². The summed E-state index contributed by atoms with van der Waals surface area (Å²) >= 11 is 0. The highest BCUT2D eigenvalue weighted by Gasteiger charge is 2.18. The van der Waals surface area contributed by atoms with Gasteiger partial charge in [-0.05, 0) is 18.2 Å². The summed E-state index contributed by atoms with van der Waals surface area (Å²) in [5.41, 5.74) is 0.0588. The van der Waals surface area contributed by atoms with Gasteiger partial charge in [0.15, 0.2) is 5.75 Å². The summed E-state index contributed by atoms with van der Waals surface area (Å²) in [6.45, 7) is -0.0963. The number of benzene rings is 1. The number of hydrogen-bond acceptors (Lipinski definition) is 5. The Hall–Kier alpha value is -2.11. The summed E-state index contributed by atoms with van der Waals surface area (Å²) < 4.78 is 43.1. The third-order valence-corrected chi connectivity index (χ3v) is 3.39. The molecular weight excluding hydrogens is 301 g/mol. The highest BCUT2D eigenvalue weighted by atomic mass is 32.2. The van der Waals surface area contributed by atoms with E-state index < -0.39 is 27.6 Å². The van der Waals surface area contributed by atoms with Crippen LogP contribution in [0.3, 0.4) is 0 Å². The van der Waals surface area contributed by atoms with Crippen molar-refractivity contribution in [3.63, 3.8) is 0 Å². The summed E-state index contributed by atoms with van der Waals surface area (Å²) in [5.74, 6) is 2.56. The van der Waals surface area contributed by atoms with Crippen molar-refractivity contribution in [3.05, 3.63) is 29.6 Å². The van der Waals surface area contributed by atoms with Crippen LogP contribution in [-0.2, 0) is 19.6 Å². The van der Waals surface area contributed by atoms with Crippen LogP contribution in [0.4, 0.5) is 10.1 Å². The first-order valence-electron chi connectivity index (χ1n) is 5.84. The molecular formula is C13H14FNO5S. The summed E-state index contributed by atoms with van der Waals surface area (Å²) in [4.78, 5) is 10.9. The molecule has 0 saturated heterocycles. The number of carbonyl (C=O) groups excluding carboxylic acids is 1. The molecule has 0 fully saturated rings. The number of rotatable bonds is 5. The van der Waals surface area contributed by atoms with E-state index in [9.17, 15) is 17.6 Å². The number of aliphatic hydroxyl groups is 1. The number of sulfonamides is 1. The Morgan fingerprint density at radius 3 is 2.76 bits per heavy atom. The predicted molar refractivity (Wildman–Crippen MR) is 74.4 cm³/mol. The van der Waals surface area contributed by atoms with Crippen LogP contribution >= 0.6 is 0 Å². The lowest BCUT2D eigenvalue weighted by molar-refractivity contribution is -0.137. The average molecular weight is 315 g/mol. The normalized spacial score (nSPS) is 10.4. The number of aliphatic hydroxyl groups excluding tert-OH is 1. The van der Waals surface area contributed by atoms with E-state index in [0.717, 1.165) is 13.2 Å². The van der Waals surface area contributed by atoms with Crippen molar-refractivity contribution in [3.8, 4) is 11.8 Å². The second-order valence-electron chi connectivity index (χ2n) is 3.91. The monoisotopic (exact) mass is 315 g/mol. The molecule has 0 heterocycles. The van der Waals surface area contributed by atoms with Crippen LogP contribution in [0.5, 0.6) is 0 Å². The second-order valence-corrected chi connectivity index (χ2v) is 5.63. The number of nitrogens with one attached hydrogen (secondary N) is 1. The van der Waals surface area contributed by atoms with Crippen molar-refractivity contribution in [2.24, 2.45) is 0 Å². The molecule has 8 heteroatoms. The first-order valence-corrected chi connectivity index (χ1v) is 7.50. The third kappa shape index (κ3) is 5.81. The zero-order valence-electron chi connectivity index (χ0n) is 11.2. The molecule has 0 atom stereocenters. The van der Waals surface area contributed by atoms with Gasteiger partial charge in [-0.1, -0.05) is 11.8 Å².